The molecule has 0 bridgehead atoms. The summed E-state index contributed by atoms with van der Waals surface area (Å²) in [5.41, 5.74) is 8.19. The third-order valence-corrected chi connectivity index (χ3v) is 3.27. The van der Waals surface area contributed by atoms with Crippen molar-refractivity contribution in [2.75, 3.05) is 6.54 Å². The summed E-state index contributed by atoms with van der Waals surface area (Å²) < 4.78 is 5.96. The molecule has 0 heterocycles. The molecule has 0 aliphatic rings. The zero-order valence-electron chi connectivity index (χ0n) is 12.5. The Morgan fingerprint density at radius 1 is 0.950 bits per heavy atom. The number of rotatable bonds is 4. The van der Waals surface area contributed by atoms with E-state index in [9.17, 15) is 0 Å². The Morgan fingerprint density at radius 2 is 1.60 bits per heavy atom. The first kappa shape index (κ1) is 14.6. The van der Waals surface area contributed by atoms with Crippen molar-refractivity contribution in [1.29, 1.82) is 0 Å². The molecule has 0 aliphatic carbocycles. The molecule has 2 rings (SSSR count). The Kier molecular flexibility index (Phi) is 4.46. The minimum absolute atomic E-state index is 0.126. The van der Waals surface area contributed by atoms with Crippen molar-refractivity contribution < 1.29 is 4.74 Å². The highest BCUT2D eigenvalue weighted by atomic mass is 16.5. The largest absolute Gasteiger partial charge is 0.457 e. The van der Waals surface area contributed by atoms with Crippen LogP contribution in [0, 0.1) is 0 Å². The first-order valence-electron chi connectivity index (χ1n) is 7.06. The smallest absolute Gasteiger partial charge is 0.127 e. The Labute approximate surface area is 121 Å². The highest BCUT2D eigenvalue weighted by Gasteiger charge is 2.14. The van der Waals surface area contributed by atoms with Crippen LogP contribution in [0.15, 0.2) is 48.5 Å². The molecule has 0 radical (unpaired) electrons. The molecule has 20 heavy (non-hydrogen) atoms. The molecular formula is C18H23NO. The van der Waals surface area contributed by atoms with E-state index in [2.05, 4.69) is 45.0 Å². The number of ether oxygens (including phenoxy) is 1. The molecule has 0 atom stereocenters. The molecule has 0 aliphatic heterocycles. The molecule has 2 aromatic rings. The second-order valence-corrected chi connectivity index (χ2v) is 6.07. The maximum absolute atomic E-state index is 5.96. The molecule has 0 saturated carbocycles. The van der Waals surface area contributed by atoms with Crippen LogP contribution in [0.1, 0.15) is 31.9 Å². The lowest BCUT2D eigenvalue weighted by Crippen LogP contribution is -2.10. The molecule has 2 N–H and O–H groups in total. The molecular weight excluding hydrogens is 246 g/mol. The van der Waals surface area contributed by atoms with Gasteiger partial charge in [0, 0.05) is 0 Å². The minimum Gasteiger partial charge on any atom is -0.457 e. The van der Waals surface area contributed by atoms with Gasteiger partial charge in [-0.3, -0.25) is 0 Å². The molecule has 0 amide bonds. The molecule has 106 valence electrons. The van der Waals surface area contributed by atoms with E-state index in [4.69, 9.17) is 10.5 Å². The van der Waals surface area contributed by atoms with E-state index in [1.54, 1.807) is 0 Å². The van der Waals surface area contributed by atoms with Crippen molar-refractivity contribution in [3.8, 4) is 11.5 Å². The van der Waals surface area contributed by atoms with E-state index in [1.165, 1.54) is 11.1 Å². The maximum atomic E-state index is 5.96. The third-order valence-electron chi connectivity index (χ3n) is 3.27. The van der Waals surface area contributed by atoms with Gasteiger partial charge in [-0.1, -0.05) is 45.0 Å². The predicted molar refractivity (Wildman–Crippen MR) is 84.4 cm³/mol. The van der Waals surface area contributed by atoms with Crippen LogP contribution >= 0.6 is 0 Å². The minimum atomic E-state index is 0.126. The number of benzene rings is 2. The van der Waals surface area contributed by atoms with Crippen molar-refractivity contribution >= 4 is 0 Å². The first-order valence-corrected chi connectivity index (χ1v) is 7.06. The van der Waals surface area contributed by atoms with E-state index >= 15 is 0 Å². The zero-order chi connectivity index (χ0) is 14.6. The van der Waals surface area contributed by atoms with Crippen LogP contribution in [0.2, 0.25) is 0 Å². The van der Waals surface area contributed by atoms with Gasteiger partial charge >= 0.3 is 0 Å². The molecule has 2 heteroatoms. The monoisotopic (exact) mass is 269 g/mol. The lowest BCUT2D eigenvalue weighted by atomic mass is 9.87. The quantitative estimate of drug-likeness (QED) is 0.899. The van der Waals surface area contributed by atoms with Gasteiger partial charge in [0.05, 0.1) is 0 Å². The van der Waals surface area contributed by atoms with Crippen molar-refractivity contribution in [3.63, 3.8) is 0 Å². The summed E-state index contributed by atoms with van der Waals surface area (Å²) >= 11 is 0. The SMILES string of the molecule is CC(C)(C)c1cccc(Oc2cccc(CCN)c2)c1. The van der Waals surface area contributed by atoms with Crippen LogP contribution in [0.25, 0.3) is 0 Å². The average molecular weight is 269 g/mol. The van der Waals surface area contributed by atoms with Gasteiger partial charge in [-0.15, -0.1) is 0 Å². The normalized spacial score (nSPS) is 11.4. The first-order chi connectivity index (χ1) is 9.49. The number of hydrogen-bond donors (Lipinski definition) is 1. The van der Waals surface area contributed by atoms with Gasteiger partial charge in [-0.2, -0.15) is 0 Å². The Balaban J connectivity index is 2.19. The third kappa shape index (κ3) is 3.84. The van der Waals surface area contributed by atoms with Crippen LogP contribution in [0.5, 0.6) is 11.5 Å². The summed E-state index contributed by atoms with van der Waals surface area (Å²) in [6, 6.07) is 16.4. The highest BCUT2D eigenvalue weighted by molar-refractivity contribution is 5.37. The fourth-order valence-corrected chi connectivity index (χ4v) is 2.09. The molecule has 0 unspecified atom stereocenters. The van der Waals surface area contributed by atoms with Gasteiger partial charge in [0.25, 0.3) is 0 Å². The summed E-state index contributed by atoms with van der Waals surface area (Å²) in [6.45, 7) is 7.26. The average Bonchev–Trinajstić information content (AvgIpc) is 2.39. The molecule has 2 aromatic carbocycles. The fourth-order valence-electron chi connectivity index (χ4n) is 2.09. The number of hydrogen-bond acceptors (Lipinski definition) is 2. The molecule has 0 aromatic heterocycles. The summed E-state index contributed by atoms with van der Waals surface area (Å²) in [6.07, 6.45) is 0.874. The Hall–Kier alpha value is -1.80. The van der Waals surface area contributed by atoms with Gasteiger partial charge in [-0.25, -0.2) is 0 Å². The second-order valence-electron chi connectivity index (χ2n) is 6.07. The summed E-state index contributed by atoms with van der Waals surface area (Å²) in [5.74, 6) is 1.74. The molecule has 0 fully saturated rings. The summed E-state index contributed by atoms with van der Waals surface area (Å²) in [7, 11) is 0. The van der Waals surface area contributed by atoms with Crippen LogP contribution in [0.4, 0.5) is 0 Å². The van der Waals surface area contributed by atoms with Gasteiger partial charge in [0.2, 0.25) is 0 Å². The van der Waals surface area contributed by atoms with E-state index < -0.39 is 0 Å². The molecule has 2 nitrogen and oxygen atoms in total. The van der Waals surface area contributed by atoms with Crippen LogP contribution in [0.3, 0.4) is 0 Å². The fraction of sp³-hybridized carbons (Fsp3) is 0.333. The van der Waals surface area contributed by atoms with Gasteiger partial charge in [0.15, 0.2) is 0 Å². The van der Waals surface area contributed by atoms with E-state index in [0.29, 0.717) is 6.54 Å². The van der Waals surface area contributed by atoms with Gasteiger partial charge < -0.3 is 10.5 Å². The standard InChI is InChI=1S/C18H23NO/c1-18(2,3)15-7-5-9-17(13-15)20-16-8-4-6-14(12-16)10-11-19/h4-9,12-13H,10-11,19H2,1-3H3. The lowest BCUT2D eigenvalue weighted by molar-refractivity contribution is 0.478. The number of nitrogens with two attached hydrogens (primary N) is 1. The van der Waals surface area contributed by atoms with Crippen molar-refractivity contribution in [2.24, 2.45) is 5.73 Å². The molecule has 0 saturated heterocycles. The van der Waals surface area contributed by atoms with Crippen LogP contribution in [-0.4, -0.2) is 6.54 Å². The lowest BCUT2D eigenvalue weighted by Gasteiger charge is -2.19. The van der Waals surface area contributed by atoms with Crippen molar-refractivity contribution in [3.05, 3.63) is 59.7 Å². The predicted octanol–water partition coefficient (Wildman–Crippen LogP) is 4.28. The van der Waals surface area contributed by atoms with Gasteiger partial charge in [0.1, 0.15) is 11.5 Å². The zero-order valence-corrected chi connectivity index (χ0v) is 12.5. The summed E-state index contributed by atoms with van der Waals surface area (Å²) in [4.78, 5) is 0. The van der Waals surface area contributed by atoms with E-state index in [-0.39, 0.29) is 5.41 Å². The molecule has 0 spiro atoms. The van der Waals surface area contributed by atoms with Crippen LogP contribution in [-0.2, 0) is 11.8 Å². The van der Waals surface area contributed by atoms with Crippen molar-refractivity contribution in [1.82, 2.24) is 0 Å². The Morgan fingerprint density at radius 3 is 2.25 bits per heavy atom. The highest BCUT2D eigenvalue weighted by Crippen LogP contribution is 2.28. The van der Waals surface area contributed by atoms with Crippen LogP contribution < -0.4 is 10.5 Å². The second kappa shape index (κ2) is 6.10. The van der Waals surface area contributed by atoms with E-state index in [0.717, 1.165) is 17.9 Å². The Bertz CT molecular complexity index is 570. The van der Waals surface area contributed by atoms with E-state index in [1.807, 2.05) is 24.3 Å². The summed E-state index contributed by atoms with van der Waals surface area (Å²) in [5, 5.41) is 0. The topological polar surface area (TPSA) is 35.2 Å². The maximum Gasteiger partial charge on any atom is 0.127 e. The van der Waals surface area contributed by atoms with Crippen molar-refractivity contribution in [2.45, 2.75) is 32.6 Å². The van der Waals surface area contributed by atoms with Gasteiger partial charge in [-0.05, 0) is 53.8 Å².